The number of hydrogen-bond donors (Lipinski definition) is 2. The number of aromatic hydroxyl groups is 1. The molecule has 7 heteroatoms. The number of rotatable bonds is 7. The van der Waals surface area contributed by atoms with Crippen molar-refractivity contribution in [3.8, 4) is 5.75 Å². The fourth-order valence-corrected chi connectivity index (χ4v) is 6.36. The molecule has 2 aromatic rings. The van der Waals surface area contributed by atoms with Gasteiger partial charge in [-0.3, -0.25) is 14.5 Å². The van der Waals surface area contributed by atoms with Gasteiger partial charge in [0.25, 0.3) is 0 Å². The number of aliphatic hydroxyl groups excluding tert-OH is 1. The van der Waals surface area contributed by atoms with Crippen molar-refractivity contribution in [3.05, 3.63) is 75.3 Å². The van der Waals surface area contributed by atoms with Gasteiger partial charge in [0.2, 0.25) is 11.8 Å². The number of carbonyl (C=O) groups excluding carboxylic acids is 2. The van der Waals surface area contributed by atoms with Gasteiger partial charge in [0, 0.05) is 16.0 Å². The molecule has 6 nitrogen and oxygen atoms in total. The lowest BCUT2D eigenvalue weighted by Gasteiger charge is -2.31. The van der Waals surface area contributed by atoms with Crippen LogP contribution in [0.15, 0.2) is 69.7 Å². The summed E-state index contributed by atoms with van der Waals surface area (Å²) in [5.74, 6) is -1.22. The molecule has 0 aromatic heterocycles. The number of halogens is 1. The molecule has 0 bridgehead atoms. The number of allylic oxidation sites excluding steroid dienone is 1. The summed E-state index contributed by atoms with van der Waals surface area (Å²) in [4.78, 5) is 28.1. The van der Waals surface area contributed by atoms with Gasteiger partial charge >= 0.3 is 0 Å². The summed E-state index contributed by atoms with van der Waals surface area (Å²) < 4.78 is 7.12. The van der Waals surface area contributed by atoms with Crippen molar-refractivity contribution in [2.45, 2.75) is 38.7 Å². The van der Waals surface area contributed by atoms with Crippen molar-refractivity contribution in [1.29, 1.82) is 0 Å². The van der Waals surface area contributed by atoms with Gasteiger partial charge in [-0.25, -0.2) is 0 Å². The molecule has 0 radical (unpaired) electrons. The number of hydrogen-bond acceptors (Lipinski definition) is 5. The Hall–Kier alpha value is -2.74. The lowest BCUT2D eigenvalue weighted by molar-refractivity contribution is -0.122. The van der Waals surface area contributed by atoms with Crippen LogP contribution in [-0.2, 0) is 14.3 Å². The zero-order valence-electron chi connectivity index (χ0n) is 20.2. The van der Waals surface area contributed by atoms with Crippen LogP contribution in [0.1, 0.15) is 38.2 Å². The monoisotopic (exact) mass is 551 g/mol. The van der Waals surface area contributed by atoms with Crippen LogP contribution >= 0.6 is 15.9 Å². The standard InChI is InChI=1S/C29H30BrNO5/c1-2-17(12-18-13-20(30)9-10-24(18)33)8-11-25-26-19(15-32)14-22-27(23(26)16-36-25)29(35)31(28(22)34)21-6-4-3-5-7-21/h3-7,9-10,12-13,22-23,25,27,32-33H,2,8,11,14-16H2,1H3/b17-12+/t22-,23+,25-,27-/m1/s1. The zero-order chi connectivity index (χ0) is 25.4. The van der Waals surface area contributed by atoms with E-state index in [0.29, 0.717) is 25.1 Å². The van der Waals surface area contributed by atoms with Crippen LogP contribution in [0.25, 0.3) is 6.08 Å². The Morgan fingerprint density at radius 1 is 1.14 bits per heavy atom. The van der Waals surface area contributed by atoms with Crippen molar-refractivity contribution in [3.63, 3.8) is 0 Å². The highest BCUT2D eigenvalue weighted by molar-refractivity contribution is 9.10. The van der Waals surface area contributed by atoms with E-state index in [9.17, 15) is 19.8 Å². The minimum Gasteiger partial charge on any atom is -0.507 e. The molecular formula is C29H30BrNO5. The first-order chi connectivity index (χ1) is 17.4. The molecule has 2 fully saturated rings. The van der Waals surface area contributed by atoms with Gasteiger partial charge in [-0.2, -0.15) is 0 Å². The number of imide groups is 1. The molecule has 2 aromatic carbocycles. The first kappa shape index (κ1) is 24.9. The van der Waals surface area contributed by atoms with E-state index in [1.165, 1.54) is 10.5 Å². The molecule has 2 N–H and O–H groups in total. The lowest BCUT2D eigenvalue weighted by Crippen LogP contribution is -2.35. The van der Waals surface area contributed by atoms with Gasteiger partial charge < -0.3 is 14.9 Å². The van der Waals surface area contributed by atoms with Crippen LogP contribution in [-0.4, -0.2) is 41.3 Å². The van der Waals surface area contributed by atoms with Crippen LogP contribution in [0.2, 0.25) is 0 Å². The second kappa shape index (κ2) is 10.3. The summed E-state index contributed by atoms with van der Waals surface area (Å²) in [5.41, 5.74) is 4.39. The molecule has 188 valence electrons. The second-order valence-electron chi connectivity index (χ2n) is 9.73. The normalized spacial score (nSPS) is 26.0. The van der Waals surface area contributed by atoms with Crippen LogP contribution in [0.3, 0.4) is 0 Å². The number of nitrogens with zero attached hydrogens (tertiary/aromatic N) is 1. The molecule has 0 saturated carbocycles. The van der Waals surface area contributed by atoms with Crippen LogP contribution in [0.4, 0.5) is 5.69 Å². The van der Waals surface area contributed by atoms with E-state index in [4.69, 9.17) is 4.74 Å². The van der Waals surface area contributed by atoms with Crippen molar-refractivity contribution < 1.29 is 24.5 Å². The number of aliphatic hydroxyl groups is 1. The Labute approximate surface area is 219 Å². The number of phenols is 1. The average Bonchev–Trinajstić information content (AvgIpc) is 3.42. The SMILES string of the molecule is CC/C(=C\c1cc(Br)ccc1O)CC[C@H]1OC[C@H]2C1=C(CO)C[C@H]1C(=O)N(c3ccccc3)C(=O)[C@H]12. The Kier molecular flexibility index (Phi) is 7.15. The van der Waals surface area contributed by atoms with Crippen LogP contribution < -0.4 is 4.90 Å². The van der Waals surface area contributed by atoms with E-state index in [0.717, 1.165) is 34.0 Å². The first-order valence-corrected chi connectivity index (χ1v) is 13.3. The highest BCUT2D eigenvalue weighted by Gasteiger charge is 2.57. The predicted octanol–water partition coefficient (Wildman–Crippen LogP) is 5.24. The van der Waals surface area contributed by atoms with Crippen LogP contribution in [0.5, 0.6) is 5.75 Å². The molecular weight excluding hydrogens is 522 g/mol. The number of benzene rings is 2. The maximum absolute atomic E-state index is 13.5. The fourth-order valence-electron chi connectivity index (χ4n) is 5.98. The molecule has 2 heterocycles. The van der Waals surface area contributed by atoms with Gasteiger partial charge in [0.1, 0.15) is 5.75 Å². The smallest absolute Gasteiger partial charge is 0.238 e. The predicted molar refractivity (Wildman–Crippen MR) is 141 cm³/mol. The number of phenolic OH excluding ortho intramolecular Hbond substituents is 1. The summed E-state index contributed by atoms with van der Waals surface area (Å²) in [6, 6.07) is 14.4. The lowest BCUT2D eigenvalue weighted by atomic mass is 9.69. The van der Waals surface area contributed by atoms with E-state index in [2.05, 4.69) is 22.9 Å². The summed E-state index contributed by atoms with van der Waals surface area (Å²) in [6.07, 6.45) is 4.52. The topological polar surface area (TPSA) is 87.1 Å². The average molecular weight is 552 g/mol. The van der Waals surface area contributed by atoms with Gasteiger partial charge in [-0.05, 0) is 67.2 Å². The van der Waals surface area contributed by atoms with Gasteiger partial charge in [-0.1, -0.05) is 52.7 Å². The highest BCUT2D eigenvalue weighted by Crippen LogP contribution is 2.50. The maximum Gasteiger partial charge on any atom is 0.238 e. The number of amides is 2. The summed E-state index contributed by atoms with van der Waals surface area (Å²) in [7, 11) is 0. The third-order valence-electron chi connectivity index (χ3n) is 7.74. The summed E-state index contributed by atoms with van der Waals surface area (Å²) >= 11 is 3.46. The van der Waals surface area contributed by atoms with Crippen molar-refractivity contribution in [2.75, 3.05) is 18.1 Å². The van der Waals surface area contributed by atoms with Gasteiger partial charge in [0.05, 0.1) is 36.8 Å². The number of para-hydroxylation sites is 1. The molecule has 2 aliphatic heterocycles. The highest BCUT2D eigenvalue weighted by atomic mass is 79.9. The Morgan fingerprint density at radius 2 is 1.92 bits per heavy atom. The van der Waals surface area contributed by atoms with Crippen LogP contribution in [0, 0.1) is 17.8 Å². The fraction of sp³-hybridized carbons (Fsp3) is 0.379. The molecule has 1 aliphatic carbocycles. The van der Waals surface area contributed by atoms with E-state index in [1.807, 2.05) is 30.3 Å². The second-order valence-corrected chi connectivity index (χ2v) is 10.6. The third-order valence-corrected chi connectivity index (χ3v) is 8.24. The van der Waals surface area contributed by atoms with Crippen molar-refractivity contribution in [1.82, 2.24) is 0 Å². The molecule has 3 aliphatic rings. The van der Waals surface area contributed by atoms with E-state index in [-0.39, 0.29) is 36.2 Å². The zero-order valence-corrected chi connectivity index (χ0v) is 21.8. The Balaban J connectivity index is 1.37. The minimum absolute atomic E-state index is 0.135. The summed E-state index contributed by atoms with van der Waals surface area (Å²) in [6.45, 7) is 2.33. The summed E-state index contributed by atoms with van der Waals surface area (Å²) in [5, 5.41) is 20.4. The molecule has 0 unspecified atom stereocenters. The maximum atomic E-state index is 13.5. The first-order valence-electron chi connectivity index (χ1n) is 12.5. The number of ether oxygens (including phenoxy) is 1. The van der Waals surface area contributed by atoms with Crippen molar-refractivity contribution >= 4 is 39.5 Å². The third kappa shape index (κ3) is 4.44. The Bertz CT molecular complexity index is 1240. The van der Waals surface area contributed by atoms with E-state index < -0.39 is 11.8 Å². The minimum atomic E-state index is -0.457. The number of carbonyl (C=O) groups is 2. The quantitative estimate of drug-likeness (QED) is 0.363. The van der Waals surface area contributed by atoms with Crippen molar-refractivity contribution in [2.24, 2.45) is 17.8 Å². The molecule has 2 saturated heterocycles. The molecule has 2 amide bonds. The van der Waals surface area contributed by atoms with E-state index >= 15 is 0 Å². The molecule has 5 rings (SSSR count). The number of fused-ring (bicyclic) bond motifs is 3. The molecule has 0 spiro atoms. The molecule has 36 heavy (non-hydrogen) atoms. The van der Waals surface area contributed by atoms with E-state index in [1.54, 1.807) is 24.3 Å². The van der Waals surface area contributed by atoms with Gasteiger partial charge in [0.15, 0.2) is 0 Å². The molecule has 4 atom stereocenters. The Morgan fingerprint density at radius 3 is 2.64 bits per heavy atom. The largest absolute Gasteiger partial charge is 0.507 e. The van der Waals surface area contributed by atoms with Gasteiger partial charge in [-0.15, -0.1) is 0 Å². The number of anilines is 1.